The Morgan fingerprint density at radius 1 is 0.933 bits per heavy atom. The van der Waals surface area contributed by atoms with Crippen LogP contribution in [0.1, 0.15) is 10.4 Å². The molecule has 4 aromatic rings. The molecule has 0 fully saturated rings. The standard InChI is InChI=1S/C23H18N2O4S/c1-30(27,28)18-9-5-8-17(13-18)29-16-7-4-6-15(12-16)22-19-10-2-3-11-21(19)25-14-20(22)23(24)26/h2-14H,1H3,(H2,24,26). The van der Waals surface area contributed by atoms with Crippen LogP contribution in [0, 0.1) is 0 Å². The third-order valence-electron chi connectivity index (χ3n) is 4.63. The van der Waals surface area contributed by atoms with Crippen molar-refractivity contribution in [1.82, 2.24) is 4.98 Å². The Hall–Kier alpha value is -3.71. The van der Waals surface area contributed by atoms with Crippen molar-refractivity contribution >= 4 is 26.6 Å². The molecule has 1 aromatic heterocycles. The highest BCUT2D eigenvalue weighted by Gasteiger charge is 2.16. The average Bonchev–Trinajstić information content (AvgIpc) is 2.72. The second-order valence-corrected chi connectivity index (χ2v) is 8.82. The SMILES string of the molecule is CS(=O)(=O)c1cccc(Oc2cccc(-c3c(C(N)=O)cnc4ccccc34)c2)c1. The normalized spacial score (nSPS) is 11.4. The van der Waals surface area contributed by atoms with Crippen molar-refractivity contribution in [2.75, 3.05) is 6.26 Å². The van der Waals surface area contributed by atoms with Crippen molar-refractivity contribution in [3.8, 4) is 22.6 Å². The number of fused-ring (bicyclic) bond motifs is 1. The van der Waals surface area contributed by atoms with Crippen molar-refractivity contribution in [2.45, 2.75) is 4.90 Å². The van der Waals surface area contributed by atoms with Crippen molar-refractivity contribution < 1.29 is 17.9 Å². The van der Waals surface area contributed by atoms with Crippen LogP contribution in [0.25, 0.3) is 22.0 Å². The van der Waals surface area contributed by atoms with Gasteiger partial charge in [0.05, 0.1) is 16.0 Å². The second-order valence-electron chi connectivity index (χ2n) is 6.81. The van der Waals surface area contributed by atoms with Crippen LogP contribution >= 0.6 is 0 Å². The fourth-order valence-electron chi connectivity index (χ4n) is 3.26. The minimum atomic E-state index is -3.35. The van der Waals surface area contributed by atoms with Crippen LogP contribution in [0.15, 0.2) is 83.9 Å². The average molecular weight is 418 g/mol. The third kappa shape index (κ3) is 3.88. The van der Waals surface area contributed by atoms with E-state index in [0.717, 1.165) is 22.7 Å². The number of nitrogens with zero attached hydrogens (tertiary/aromatic N) is 1. The van der Waals surface area contributed by atoms with Gasteiger partial charge in [0.1, 0.15) is 11.5 Å². The van der Waals surface area contributed by atoms with Crippen LogP contribution in [0.3, 0.4) is 0 Å². The predicted molar refractivity (Wildman–Crippen MR) is 115 cm³/mol. The molecule has 150 valence electrons. The van der Waals surface area contributed by atoms with Gasteiger partial charge in [-0.2, -0.15) is 0 Å². The summed E-state index contributed by atoms with van der Waals surface area (Å²) < 4.78 is 29.5. The smallest absolute Gasteiger partial charge is 0.250 e. The van der Waals surface area contributed by atoms with Crippen molar-refractivity contribution in [3.63, 3.8) is 0 Å². The van der Waals surface area contributed by atoms with Gasteiger partial charge in [0.15, 0.2) is 9.84 Å². The van der Waals surface area contributed by atoms with Gasteiger partial charge in [0, 0.05) is 23.4 Å². The fourth-order valence-corrected chi connectivity index (χ4v) is 3.91. The zero-order valence-corrected chi connectivity index (χ0v) is 16.9. The summed E-state index contributed by atoms with van der Waals surface area (Å²) in [5, 5.41) is 0.796. The molecule has 7 heteroatoms. The second kappa shape index (κ2) is 7.61. The largest absolute Gasteiger partial charge is 0.457 e. The Labute approximate surface area is 173 Å². The van der Waals surface area contributed by atoms with Crippen LogP contribution in [0.2, 0.25) is 0 Å². The molecule has 0 saturated heterocycles. The van der Waals surface area contributed by atoms with Crippen LogP contribution in [-0.2, 0) is 9.84 Å². The lowest BCUT2D eigenvalue weighted by Gasteiger charge is -2.13. The zero-order chi connectivity index (χ0) is 21.3. The number of hydrogen-bond donors (Lipinski definition) is 1. The lowest BCUT2D eigenvalue weighted by molar-refractivity contribution is 0.100. The quantitative estimate of drug-likeness (QED) is 0.524. The molecule has 0 atom stereocenters. The molecule has 2 N–H and O–H groups in total. The lowest BCUT2D eigenvalue weighted by atomic mass is 9.96. The molecule has 4 rings (SSSR count). The highest BCUT2D eigenvalue weighted by atomic mass is 32.2. The molecule has 0 unspecified atom stereocenters. The Morgan fingerprint density at radius 3 is 2.37 bits per heavy atom. The number of ether oxygens (including phenoxy) is 1. The van der Waals surface area contributed by atoms with Gasteiger partial charge in [-0.3, -0.25) is 9.78 Å². The van der Waals surface area contributed by atoms with E-state index >= 15 is 0 Å². The molecule has 0 aliphatic heterocycles. The highest BCUT2D eigenvalue weighted by Crippen LogP contribution is 2.34. The minimum absolute atomic E-state index is 0.173. The zero-order valence-electron chi connectivity index (χ0n) is 16.1. The van der Waals surface area contributed by atoms with E-state index in [1.807, 2.05) is 30.3 Å². The van der Waals surface area contributed by atoms with Crippen LogP contribution in [0.5, 0.6) is 11.5 Å². The topological polar surface area (TPSA) is 99.4 Å². The van der Waals surface area contributed by atoms with Gasteiger partial charge in [-0.25, -0.2) is 8.42 Å². The predicted octanol–water partition coefficient (Wildman–Crippen LogP) is 4.20. The summed E-state index contributed by atoms with van der Waals surface area (Å²) in [6, 6.07) is 21.0. The first kappa shape index (κ1) is 19.6. The summed E-state index contributed by atoms with van der Waals surface area (Å²) in [4.78, 5) is 16.5. The van der Waals surface area contributed by atoms with Crippen molar-refractivity contribution in [2.24, 2.45) is 5.73 Å². The van der Waals surface area contributed by atoms with E-state index in [2.05, 4.69) is 4.98 Å². The van der Waals surface area contributed by atoms with Gasteiger partial charge in [0.25, 0.3) is 5.91 Å². The summed E-state index contributed by atoms with van der Waals surface area (Å²) in [6.45, 7) is 0. The molecular formula is C23H18N2O4S. The molecule has 1 amide bonds. The molecular weight excluding hydrogens is 400 g/mol. The number of para-hydroxylation sites is 1. The number of carbonyl (C=O) groups is 1. The summed E-state index contributed by atoms with van der Waals surface area (Å²) >= 11 is 0. The molecule has 3 aromatic carbocycles. The van der Waals surface area contributed by atoms with E-state index in [1.54, 1.807) is 30.3 Å². The number of amides is 1. The van der Waals surface area contributed by atoms with Crippen molar-refractivity contribution in [3.05, 3.63) is 84.6 Å². The van der Waals surface area contributed by atoms with Gasteiger partial charge in [-0.1, -0.05) is 36.4 Å². The Balaban J connectivity index is 1.80. The summed E-state index contributed by atoms with van der Waals surface area (Å²) in [7, 11) is -3.35. The monoisotopic (exact) mass is 418 g/mol. The Morgan fingerprint density at radius 2 is 1.63 bits per heavy atom. The highest BCUT2D eigenvalue weighted by molar-refractivity contribution is 7.90. The number of aromatic nitrogens is 1. The molecule has 30 heavy (non-hydrogen) atoms. The maximum Gasteiger partial charge on any atom is 0.250 e. The molecule has 0 spiro atoms. The first-order chi connectivity index (χ1) is 14.3. The molecule has 0 aliphatic carbocycles. The van der Waals surface area contributed by atoms with Gasteiger partial charge in [0.2, 0.25) is 0 Å². The van der Waals surface area contributed by atoms with Gasteiger partial charge < -0.3 is 10.5 Å². The van der Waals surface area contributed by atoms with Crippen LogP contribution in [-0.4, -0.2) is 25.6 Å². The van der Waals surface area contributed by atoms with Crippen LogP contribution < -0.4 is 10.5 Å². The molecule has 0 bridgehead atoms. The Kier molecular flexibility index (Phi) is 4.97. The van der Waals surface area contributed by atoms with Crippen LogP contribution in [0.4, 0.5) is 0 Å². The summed E-state index contributed by atoms with van der Waals surface area (Å²) in [5.74, 6) is 0.315. The fraction of sp³-hybridized carbons (Fsp3) is 0.0435. The van der Waals surface area contributed by atoms with E-state index in [4.69, 9.17) is 10.5 Å². The number of rotatable bonds is 5. The first-order valence-corrected chi connectivity index (χ1v) is 11.0. The number of pyridine rings is 1. The minimum Gasteiger partial charge on any atom is -0.457 e. The van der Waals surface area contributed by atoms with E-state index in [-0.39, 0.29) is 4.90 Å². The maximum absolute atomic E-state index is 12.0. The number of nitrogens with two attached hydrogens (primary N) is 1. The van der Waals surface area contributed by atoms with E-state index in [9.17, 15) is 13.2 Å². The Bertz CT molecular complexity index is 1380. The van der Waals surface area contributed by atoms with Gasteiger partial charge in [-0.15, -0.1) is 0 Å². The lowest BCUT2D eigenvalue weighted by Crippen LogP contribution is -2.13. The van der Waals surface area contributed by atoms with E-state index < -0.39 is 15.7 Å². The molecule has 0 aliphatic rings. The molecule has 0 saturated carbocycles. The first-order valence-electron chi connectivity index (χ1n) is 9.09. The van der Waals surface area contributed by atoms with Gasteiger partial charge in [-0.05, 0) is 42.0 Å². The van der Waals surface area contributed by atoms with E-state index in [0.29, 0.717) is 22.6 Å². The number of benzene rings is 3. The molecule has 1 heterocycles. The van der Waals surface area contributed by atoms with E-state index in [1.165, 1.54) is 18.3 Å². The molecule has 0 radical (unpaired) electrons. The van der Waals surface area contributed by atoms with Crippen molar-refractivity contribution in [1.29, 1.82) is 0 Å². The molecule has 6 nitrogen and oxygen atoms in total. The third-order valence-corrected chi connectivity index (χ3v) is 5.74. The summed E-state index contributed by atoms with van der Waals surface area (Å²) in [6.07, 6.45) is 2.62. The number of hydrogen-bond acceptors (Lipinski definition) is 5. The van der Waals surface area contributed by atoms with Gasteiger partial charge >= 0.3 is 0 Å². The number of sulfone groups is 1. The number of carbonyl (C=O) groups excluding carboxylic acids is 1. The summed E-state index contributed by atoms with van der Waals surface area (Å²) in [5.41, 5.74) is 8.05. The maximum atomic E-state index is 12.0. The number of primary amides is 1.